The zero-order valence-electron chi connectivity index (χ0n) is 15.1. The van der Waals surface area contributed by atoms with E-state index in [-0.39, 0.29) is 23.5 Å². The highest BCUT2D eigenvalue weighted by atomic mass is 19.1. The first-order valence-corrected chi connectivity index (χ1v) is 8.94. The van der Waals surface area contributed by atoms with Gasteiger partial charge in [-0.3, -0.25) is 9.59 Å². The maximum absolute atomic E-state index is 13.1. The van der Waals surface area contributed by atoms with E-state index >= 15 is 0 Å². The molecule has 2 amide bonds. The second-order valence-corrected chi connectivity index (χ2v) is 6.67. The first-order valence-electron chi connectivity index (χ1n) is 8.94. The molecule has 1 aliphatic rings. The fourth-order valence-electron chi connectivity index (χ4n) is 3.45. The standard InChI is InChI=1S/C21H23FN2O2/c1-3-15(16-4-7-18(22)8-5-16)12-21(26)23-19-9-6-17-10-11-24(14(2)25)20(17)13-19/h4-9,13,15H,3,10-12H2,1-2H3,(H,23,26). The van der Waals surface area contributed by atoms with Crippen LogP contribution in [0.5, 0.6) is 0 Å². The molecule has 1 unspecified atom stereocenters. The third kappa shape index (κ3) is 3.93. The van der Waals surface area contributed by atoms with E-state index in [1.807, 2.05) is 25.1 Å². The topological polar surface area (TPSA) is 49.4 Å². The van der Waals surface area contributed by atoms with Crippen LogP contribution in [-0.2, 0) is 16.0 Å². The minimum Gasteiger partial charge on any atom is -0.326 e. The minimum absolute atomic E-state index is 0.00887. The number of hydrogen-bond acceptors (Lipinski definition) is 2. The molecule has 0 spiro atoms. The summed E-state index contributed by atoms with van der Waals surface area (Å²) in [6, 6.07) is 12.0. The Morgan fingerprint density at radius 1 is 1.19 bits per heavy atom. The lowest BCUT2D eigenvalue weighted by Gasteiger charge is -2.17. The number of rotatable bonds is 5. The van der Waals surface area contributed by atoms with Crippen molar-refractivity contribution < 1.29 is 14.0 Å². The van der Waals surface area contributed by atoms with Gasteiger partial charge in [0, 0.05) is 31.3 Å². The van der Waals surface area contributed by atoms with Crippen molar-refractivity contribution in [2.75, 3.05) is 16.8 Å². The van der Waals surface area contributed by atoms with Gasteiger partial charge in [0.15, 0.2) is 0 Å². The number of fused-ring (bicyclic) bond motifs is 1. The van der Waals surface area contributed by atoms with E-state index in [9.17, 15) is 14.0 Å². The Bertz CT molecular complexity index is 817. The van der Waals surface area contributed by atoms with E-state index in [0.717, 1.165) is 29.7 Å². The SMILES string of the molecule is CCC(CC(=O)Nc1ccc2c(c1)N(C(C)=O)CC2)c1ccc(F)cc1. The molecule has 1 atom stereocenters. The number of benzene rings is 2. The van der Waals surface area contributed by atoms with Crippen LogP contribution >= 0.6 is 0 Å². The molecular weight excluding hydrogens is 331 g/mol. The van der Waals surface area contributed by atoms with Gasteiger partial charge in [0.2, 0.25) is 11.8 Å². The molecule has 4 nitrogen and oxygen atoms in total. The van der Waals surface area contributed by atoms with Crippen molar-refractivity contribution >= 4 is 23.2 Å². The number of hydrogen-bond donors (Lipinski definition) is 1. The van der Waals surface area contributed by atoms with Crippen molar-refractivity contribution in [2.45, 2.75) is 39.0 Å². The van der Waals surface area contributed by atoms with Crippen LogP contribution in [0.15, 0.2) is 42.5 Å². The van der Waals surface area contributed by atoms with Gasteiger partial charge in [0.25, 0.3) is 0 Å². The predicted octanol–water partition coefficient (Wildman–Crippen LogP) is 4.26. The molecular formula is C21H23FN2O2. The summed E-state index contributed by atoms with van der Waals surface area (Å²) in [6.07, 6.45) is 1.96. The van der Waals surface area contributed by atoms with Crippen LogP contribution in [0.2, 0.25) is 0 Å². The summed E-state index contributed by atoms with van der Waals surface area (Å²) in [4.78, 5) is 25.9. The van der Waals surface area contributed by atoms with E-state index in [4.69, 9.17) is 0 Å². The summed E-state index contributed by atoms with van der Waals surface area (Å²) >= 11 is 0. The van der Waals surface area contributed by atoms with Gasteiger partial charge in [0.05, 0.1) is 0 Å². The average Bonchev–Trinajstić information content (AvgIpc) is 3.04. The maximum atomic E-state index is 13.1. The van der Waals surface area contributed by atoms with Crippen LogP contribution in [0.3, 0.4) is 0 Å². The summed E-state index contributed by atoms with van der Waals surface area (Å²) in [7, 11) is 0. The Balaban J connectivity index is 1.69. The highest BCUT2D eigenvalue weighted by Gasteiger charge is 2.23. The predicted molar refractivity (Wildman–Crippen MR) is 101 cm³/mol. The van der Waals surface area contributed by atoms with Gasteiger partial charge < -0.3 is 10.2 Å². The number of nitrogens with one attached hydrogen (secondary N) is 1. The van der Waals surface area contributed by atoms with Gasteiger partial charge in [-0.1, -0.05) is 25.1 Å². The summed E-state index contributed by atoms with van der Waals surface area (Å²) in [5.41, 5.74) is 3.65. The van der Waals surface area contributed by atoms with Crippen molar-refractivity contribution in [1.29, 1.82) is 0 Å². The van der Waals surface area contributed by atoms with Crippen LogP contribution in [-0.4, -0.2) is 18.4 Å². The Morgan fingerprint density at radius 2 is 1.92 bits per heavy atom. The van der Waals surface area contributed by atoms with E-state index in [2.05, 4.69) is 5.32 Å². The summed E-state index contributed by atoms with van der Waals surface area (Å²) in [5.74, 6) is -0.317. The van der Waals surface area contributed by atoms with Crippen LogP contribution < -0.4 is 10.2 Å². The third-order valence-corrected chi connectivity index (χ3v) is 4.91. The number of nitrogens with zero attached hydrogens (tertiary/aromatic N) is 1. The largest absolute Gasteiger partial charge is 0.326 e. The highest BCUT2D eigenvalue weighted by Crippen LogP contribution is 2.31. The molecule has 0 aliphatic carbocycles. The number of carbonyl (C=O) groups is 2. The Morgan fingerprint density at radius 3 is 2.58 bits per heavy atom. The second-order valence-electron chi connectivity index (χ2n) is 6.67. The third-order valence-electron chi connectivity index (χ3n) is 4.91. The number of carbonyl (C=O) groups excluding carboxylic acids is 2. The molecule has 1 aliphatic heterocycles. The van der Waals surface area contributed by atoms with E-state index < -0.39 is 0 Å². The normalized spacial score (nSPS) is 14.0. The van der Waals surface area contributed by atoms with E-state index in [1.54, 1.807) is 24.0 Å². The lowest BCUT2D eigenvalue weighted by atomic mass is 9.93. The fraction of sp³-hybridized carbons (Fsp3) is 0.333. The van der Waals surface area contributed by atoms with Gasteiger partial charge in [-0.25, -0.2) is 4.39 Å². The summed E-state index contributed by atoms with van der Waals surface area (Å²) in [5, 5.41) is 2.93. The lowest BCUT2D eigenvalue weighted by molar-refractivity contribution is -0.117. The molecule has 0 radical (unpaired) electrons. The number of amides is 2. The zero-order chi connectivity index (χ0) is 18.7. The monoisotopic (exact) mass is 354 g/mol. The smallest absolute Gasteiger partial charge is 0.224 e. The van der Waals surface area contributed by atoms with Crippen molar-refractivity contribution in [3.05, 3.63) is 59.4 Å². The second kappa shape index (κ2) is 7.68. The zero-order valence-corrected chi connectivity index (χ0v) is 15.1. The van der Waals surface area contributed by atoms with Gasteiger partial charge in [0.1, 0.15) is 5.82 Å². The van der Waals surface area contributed by atoms with Crippen molar-refractivity contribution in [3.8, 4) is 0 Å². The summed E-state index contributed by atoms with van der Waals surface area (Å²) < 4.78 is 13.1. The van der Waals surface area contributed by atoms with Crippen molar-refractivity contribution in [3.63, 3.8) is 0 Å². The molecule has 2 aromatic carbocycles. The van der Waals surface area contributed by atoms with E-state index in [1.165, 1.54) is 12.1 Å². The van der Waals surface area contributed by atoms with Gasteiger partial charge in [-0.05, 0) is 54.2 Å². The minimum atomic E-state index is -0.277. The molecule has 3 rings (SSSR count). The van der Waals surface area contributed by atoms with Gasteiger partial charge >= 0.3 is 0 Å². The molecule has 5 heteroatoms. The van der Waals surface area contributed by atoms with Gasteiger partial charge in [-0.2, -0.15) is 0 Å². The van der Waals surface area contributed by atoms with Crippen LogP contribution in [0.4, 0.5) is 15.8 Å². The van der Waals surface area contributed by atoms with E-state index in [0.29, 0.717) is 18.7 Å². The Labute approximate surface area is 153 Å². The summed E-state index contributed by atoms with van der Waals surface area (Å²) in [6.45, 7) is 4.25. The Hall–Kier alpha value is -2.69. The van der Waals surface area contributed by atoms with Crippen LogP contribution in [0.1, 0.15) is 43.7 Å². The molecule has 1 N–H and O–H groups in total. The molecule has 1 heterocycles. The number of anilines is 2. The van der Waals surface area contributed by atoms with Crippen LogP contribution in [0, 0.1) is 5.82 Å². The number of halogens is 1. The first kappa shape index (κ1) is 18.1. The van der Waals surface area contributed by atoms with Crippen molar-refractivity contribution in [2.24, 2.45) is 0 Å². The quantitative estimate of drug-likeness (QED) is 0.872. The molecule has 0 saturated carbocycles. The molecule has 26 heavy (non-hydrogen) atoms. The molecule has 0 saturated heterocycles. The fourth-order valence-corrected chi connectivity index (χ4v) is 3.45. The average molecular weight is 354 g/mol. The van der Waals surface area contributed by atoms with Crippen LogP contribution in [0.25, 0.3) is 0 Å². The lowest BCUT2D eigenvalue weighted by Crippen LogP contribution is -2.25. The first-order chi connectivity index (χ1) is 12.5. The Kier molecular flexibility index (Phi) is 5.35. The molecule has 2 aromatic rings. The van der Waals surface area contributed by atoms with Crippen molar-refractivity contribution in [1.82, 2.24) is 0 Å². The van der Waals surface area contributed by atoms with Gasteiger partial charge in [-0.15, -0.1) is 0 Å². The molecule has 0 bridgehead atoms. The maximum Gasteiger partial charge on any atom is 0.224 e. The molecule has 136 valence electrons. The highest BCUT2D eigenvalue weighted by molar-refractivity contribution is 5.96. The molecule has 0 fully saturated rings. The molecule has 0 aromatic heterocycles.